The summed E-state index contributed by atoms with van der Waals surface area (Å²) in [6, 6.07) is 3.63. The zero-order chi connectivity index (χ0) is 16.0. The molecule has 1 amide bonds. The average Bonchev–Trinajstić information content (AvgIpc) is 2.43. The molecule has 1 heterocycles. The summed E-state index contributed by atoms with van der Waals surface area (Å²) in [7, 11) is 1.77. The van der Waals surface area contributed by atoms with Crippen LogP contribution < -0.4 is 10.5 Å². The second-order valence-electron chi connectivity index (χ2n) is 5.94. The third-order valence-corrected chi connectivity index (χ3v) is 3.34. The van der Waals surface area contributed by atoms with Crippen molar-refractivity contribution in [1.29, 1.82) is 0 Å². The van der Waals surface area contributed by atoms with Gasteiger partial charge in [-0.25, -0.2) is 4.98 Å². The highest BCUT2D eigenvalue weighted by Crippen LogP contribution is 2.18. The van der Waals surface area contributed by atoms with E-state index >= 15 is 0 Å². The van der Waals surface area contributed by atoms with Crippen LogP contribution in [0.1, 0.15) is 44.6 Å². The molecule has 1 rings (SSSR count). The number of nitrogens with two attached hydrogens (primary N) is 1. The number of aromatic nitrogens is 1. The molecule has 0 aromatic carbocycles. The first-order valence-electron chi connectivity index (χ1n) is 7.45. The van der Waals surface area contributed by atoms with Gasteiger partial charge in [0.2, 0.25) is 0 Å². The zero-order valence-corrected chi connectivity index (χ0v) is 16.1. The highest BCUT2D eigenvalue weighted by atomic mass is 35.5. The average molecular weight is 366 g/mol. The zero-order valence-electron chi connectivity index (χ0n) is 14.5. The summed E-state index contributed by atoms with van der Waals surface area (Å²) < 4.78 is 5.65. The van der Waals surface area contributed by atoms with Gasteiger partial charge in [-0.3, -0.25) is 4.79 Å². The Kier molecular flexibility index (Phi) is 12.1. The quantitative estimate of drug-likeness (QED) is 0.805. The molecule has 1 aromatic rings. The van der Waals surface area contributed by atoms with Gasteiger partial charge in [0, 0.05) is 25.8 Å². The van der Waals surface area contributed by atoms with Crippen LogP contribution in [0.2, 0.25) is 0 Å². The molecule has 0 fully saturated rings. The molecule has 1 aromatic heterocycles. The van der Waals surface area contributed by atoms with Crippen molar-refractivity contribution in [1.82, 2.24) is 9.88 Å². The lowest BCUT2D eigenvalue weighted by molar-refractivity contribution is 0.0776. The van der Waals surface area contributed by atoms with Gasteiger partial charge in [-0.15, -0.1) is 24.8 Å². The third kappa shape index (κ3) is 7.86. The minimum atomic E-state index is -0.137. The van der Waals surface area contributed by atoms with Gasteiger partial charge in [0.25, 0.3) is 5.91 Å². The summed E-state index contributed by atoms with van der Waals surface area (Å²) in [5, 5.41) is 0. The third-order valence-electron chi connectivity index (χ3n) is 3.34. The Morgan fingerprint density at radius 1 is 1.30 bits per heavy atom. The van der Waals surface area contributed by atoms with Crippen molar-refractivity contribution in [2.45, 2.75) is 46.3 Å². The van der Waals surface area contributed by atoms with E-state index in [-0.39, 0.29) is 42.9 Å². The van der Waals surface area contributed by atoms with Crippen LogP contribution in [0.25, 0.3) is 0 Å². The predicted molar refractivity (Wildman–Crippen MR) is 98.9 cm³/mol. The first-order valence-corrected chi connectivity index (χ1v) is 7.45. The smallest absolute Gasteiger partial charge is 0.276 e. The van der Waals surface area contributed by atoms with E-state index in [1.807, 2.05) is 13.8 Å². The van der Waals surface area contributed by atoms with Gasteiger partial charge >= 0.3 is 0 Å². The summed E-state index contributed by atoms with van der Waals surface area (Å²) in [4.78, 5) is 18.3. The lowest BCUT2D eigenvalue weighted by Crippen LogP contribution is -2.35. The molecule has 0 spiro atoms. The molecule has 0 aliphatic heterocycles. The molecule has 1 atom stereocenters. The number of carbonyl (C=O) groups excluding carboxylic acids is 1. The molecular weight excluding hydrogens is 337 g/mol. The van der Waals surface area contributed by atoms with E-state index in [4.69, 9.17) is 10.5 Å². The number of amides is 1. The Labute approximate surface area is 151 Å². The lowest BCUT2D eigenvalue weighted by atomic mass is 10.0. The van der Waals surface area contributed by atoms with Crippen LogP contribution in [-0.2, 0) is 0 Å². The molecule has 0 saturated heterocycles. The number of hydrogen-bond acceptors (Lipinski definition) is 4. The number of carbonyl (C=O) groups is 1. The molecule has 134 valence electrons. The standard InChI is InChI=1S/C16H27N3O2.2ClH/c1-11(2)13(17)8-10-19(5)16(20)15-14(21-12(3)4)7-6-9-18-15;;/h6-7,9,11-13H,8,10,17H2,1-5H3;2*1H. The largest absolute Gasteiger partial charge is 0.489 e. The van der Waals surface area contributed by atoms with E-state index in [0.29, 0.717) is 23.9 Å². The predicted octanol–water partition coefficient (Wildman–Crippen LogP) is 3.16. The molecular formula is C16H29Cl2N3O2. The molecule has 1 unspecified atom stereocenters. The Morgan fingerprint density at radius 2 is 1.91 bits per heavy atom. The number of hydrogen-bond donors (Lipinski definition) is 1. The molecule has 2 N–H and O–H groups in total. The maximum Gasteiger partial charge on any atom is 0.276 e. The van der Waals surface area contributed by atoms with Crippen LogP contribution in [0.15, 0.2) is 18.3 Å². The van der Waals surface area contributed by atoms with Crippen molar-refractivity contribution in [3.63, 3.8) is 0 Å². The molecule has 5 nitrogen and oxygen atoms in total. The lowest BCUT2D eigenvalue weighted by Gasteiger charge is -2.22. The minimum absolute atomic E-state index is 0. The van der Waals surface area contributed by atoms with Gasteiger partial charge < -0.3 is 15.4 Å². The fourth-order valence-corrected chi connectivity index (χ4v) is 1.86. The monoisotopic (exact) mass is 365 g/mol. The van der Waals surface area contributed by atoms with E-state index in [1.165, 1.54) is 0 Å². The second kappa shape index (κ2) is 11.5. The van der Waals surface area contributed by atoms with E-state index < -0.39 is 0 Å². The van der Waals surface area contributed by atoms with Gasteiger partial charge in [-0.1, -0.05) is 13.8 Å². The molecule has 0 aliphatic carbocycles. The number of halogens is 2. The van der Waals surface area contributed by atoms with Crippen molar-refractivity contribution in [3.05, 3.63) is 24.0 Å². The van der Waals surface area contributed by atoms with Crippen LogP contribution in [0.4, 0.5) is 0 Å². The molecule has 0 aliphatic rings. The molecule has 0 radical (unpaired) electrons. The Balaban J connectivity index is 0. The Morgan fingerprint density at radius 3 is 2.43 bits per heavy atom. The molecule has 7 heteroatoms. The van der Waals surface area contributed by atoms with Crippen LogP contribution in [-0.4, -0.2) is 41.5 Å². The highest BCUT2D eigenvalue weighted by Gasteiger charge is 2.19. The first kappa shape index (κ1) is 24.2. The normalized spacial score (nSPS) is 11.5. The topological polar surface area (TPSA) is 68.5 Å². The maximum absolute atomic E-state index is 12.5. The van der Waals surface area contributed by atoms with Crippen LogP contribution in [0.3, 0.4) is 0 Å². The van der Waals surface area contributed by atoms with Gasteiger partial charge in [0.05, 0.1) is 6.10 Å². The highest BCUT2D eigenvalue weighted by molar-refractivity contribution is 5.94. The number of nitrogens with zero attached hydrogens (tertiary/aromatic N) is 2. The maximum atomic E-state index is 12.5. The van der Waals surface area contributed by atoms with Crippen molar-refractivity contribution in [2.75, 3.05) is 13.6 Å². The molecule has 0 saturated carbocycles. The fraction of sp³-hybridized carbons (Fsp3) is 0.625. The van der Waals surface area contributed by atoms with Gasteiger partial charge in [-0.05, 0) is 38.3 Å². The van der Waals surface area contributed by atoms with Crippen LogP contribution in [0.5, 0.6) is 5.75 Å². The second-order valence-corrected chi connectivity index (χ2v) is 5.94. The minimum Gasteiger partial charge on any atom is -0.489 e. The summed E-state index contributed by atoms with van der Waals surface area (Å²) in [5.74, 6) is 0.794. The van der Waals surface area contributed by atoms with Crippen molar-refractivity contribution < 1.29 is 9.53 Å². The SMILES string of the molecule is CC(C)Oc1cccnc1C(=O)N(C)CCC(N)C(C)C.Cl.Cl. The summed E-state index contributed by atoms with van der Waals surface area (Å²) in [6.45, 7) is 8.62. The number of ether oxygens (including phenoxy) is 1. The summed E-state index contributed by atoms with van der Waals surface area (Å²) in [6.07, 6.45) is 2.38. The van der Waals surface area contributed by atoms with Gasteiger partial charge in [-0.2, -0.15) is 0 Å². The van der Waals surface area contributed by atoms with Crippen LogP contribution >= 0.6 is 24.8 Å². The number of pyridine rings is 1. The van der Waals surface area contributed by atoms with E-state index in [0.717, 1.165) is 6.42 Å². The van der Waals surface area contributed by atoms with E-state index in [9.17, 15) is 4.79 Å². The van der Waals surface area contributed by atoms with Crippen molar-refractivity contribution >= 4 is 30.7 Å². The molecule has 0 bridgehead atoms. The van der Waals surface area contributed by atoms with Gasteiger partial charge in [0.1, 0.15) is 0 Å². The van der Waals surface area contributed by atoms with Crippen molar-refractivity contribution in [3.8, 4) is 5.75 Å². The number of rotatable bonds is 7. The fourth-order valence-electron chi connectivity index (χ4n) is 1.86. The molecule has 23 heavy (non-hydrogen) atoms. The van der Waals surface area contributed by atoms with Gasteiger partial charge in [0.15, 0.2) is 11.4 Å². The summed E-state index contributed by atoms with van der Waals surface area (Å²) >= 11 is 0. The summed E-state index contributed by atoms with van der Waals surface area (Å²) in [5.41, 5.74) is 6.37. The Hall–Kier alpha value is -1.04. The van der Waals surface area contributed by atoms with Crippen LogP contribution in [0, 0.1) is 5.92 Å². The Bertz CT molecular complexity index is 470. The van der Waals surface area contributed by atoms with E-state index in [2.05, 4.69) is 18.8 Å². The van der Waals surface area contributed by atoms with Crippen molar-refractivity contribution in [2.24, 2.45) is 11.7 Å². The van der Waals surface area contributed by atoms with E-state index in [1.54, 1.807) is 30.3 Å². The first-order chi connectivity index (χ1) is 9.82.